The average Bonchev–Trinajstić information content (AvgIpc) is 2.24. The number of halogens is 1. The van der Waals surface area contributed by atoms with Gasteiger partial charge < -0.3 is 15.1 Å². The number of benzene rings is 1. The number of anilines is 1. The van der Waals surface area contributed by atoms with Gasteiger partial charge in [-0.1, -0.05) is 17.7 Å². The van der Waals surface area contributed by atoms with Crippen LogP contribution < -0.4 is 4.90 Å². The summed E-state index contributed by atoms with van der Waals surface area (Å²) >= 11 is 5.87. The number of nitrogens with zero attached hydrogens (tertiary/aromatic N) is 1. The van der Waals surface area contributed by atoms with Crippen LogP contribution in [-0.2, 0) is 4.79 Å². The summed E-state index contributed by atoms with van der Waals surface area (Å²) in [5.74, 6) is -0.947. The summed E-state index contributed by atoms with van der Waals surface area (Å²) in [6.45, 7) is 3.23. The molecule has 0 aliphatic heterocycles. The molecule has 2 atom stereocenters. The molecule has 0 bridgehead atoms. The van der Waals surface area contributed by atoms with Gasteiger partial charge in [-0.3, -0.25) is 4.79 Å². The van der Waals surface area contributed by atoms with E-state index in [2.05, 4.69) is 0 Å². The maximum atomic E-state index is 10.8. The monoisotopic (exact) mass is 257 g/mol. The van der Waals surface area contributed by atoms with Gasteiger partial charge >= 0.3 is 5.97 Å². The van der Waals surface area contributed by atoms with E-state index >= 15 is 0 Å². The third-order valence-electron chi connectivity index (χ3n) is 2.64. The Morgan fingerprint density at radius 2 is 2.12 bits per heavy atom. The van der Waals surface area contributed by atoms with Gasteiger partial charge in [-0.15, -0.1) is 0 Å². The van der Waals surface area contributed by atoms with Crippen molar-refractivity contribution in [2.24, 2.45) is 0 Å². The fourth-order valence-corrected chi connectivity index (χ4v) is 1.72. The Morgan fingerprint density at radius 3 is 2.59 bits per heavy atom. The summed E-state index contributed by atoms with van der Waals surface area (Å²) in [7, 11) is 0. The molecule has 17 heavy (non-hydrogen) atoms. The molecule has 4 nitrogen and oxygen atoms in total. The summed E-state index contributed by atoms with van der Waals surface area (Å²) in [4.78, 5) is 12.4. The van der Waals surface area contributed by atoms with Crippen molar-refractivity contribution in [3.05, 3.63) is 29.3 Å². The minimum atomic E-state index is -0.947. The van der Waals surface area contributed by atoms with E-state index in [1.807, 2.05) is 0 Å². The molecule has 5 heteroatoms. The Balaban J connectivity index is 3.01. The highest BCUT2D eigenvalue weighted by Gasteiger charge is 2.21. The maximum Gasteiger partial charge on any atom is 0.323 e. The molecule has 0 aromatic heterocycles. The molecule has 94 valence electrons. The molecule has 0 saturated carbocycles. The van der Waals surface area contributed by atoms with Crippen LogP contribution in [0.3, 0.4) is 0 Å². The molecule has 1 aromatic carbocycles. The van der Waals surface area contributed by atoms with E-state index in [1.54, 1.807) is 43.0 Å². The Bertz CT molecular complexity index is 395. The zero-order valence-corrected chi connectivity index (χ0v) is 10.6. The first kappa shape index (κ1) is 13.8. The summed E-state index contributed by atoms with van der Waals surface area (Å²) in [5, 5.41) is 19.0. The number of aliphatic hydroxyl groups is 1. The van der Waals surface area contributed by atoms with Crippen molar-refractivity contribution in [2.45, 2.75) is 26.0 Å². The number of hydrogen-bond donors (Lipinski definition) is 2. The maximum absolute atomic E-state index is 10.8. The summed E-state index contributed by atoms with van der Waals surface area (Å²) in [6.07, 6.45) is -0.631. The van der Waals surface area contributed by atoms with Crippen molar-refractivity contribution in [1.82, 2.24) is 0 Å². The van der Waals surface area contributed by atoms with Crippen molar-refractivity contribution in [2.75, 3.05) is 11.4 Å². The molecule has 0 aliphatic carbocycles. The van der Waals surface area contributed by atoms with Crippen LogP contribution in [0.1, 0.15) is 13.8 Å². The van der Waals surface area contributed by atoms with Crippen molar-refractivity contribution < 1.29 is 15.0 Å². The van der Waals surface area contributed by atoms with Gasteiger partial charge in [0, 0.05) is 10.7 Å². The average molecular weight is 258 g/mol. The van der Waals surface area contributed by atoms with Crippen LogP contribution in [0.15, 0.2) is 24.3 Å². The second-order valence-corrected chi connectivity index (χ2v) is 4.42. The van der Waals surface area contributed by atoms with E-state index in [1.165, 1.54) is 0 Å². The molecule has 0 spiro atoms. The van der Waals surface area contributed by atoms with Gasteiger partial charge in [0.05, 0.1) is 12.1 Å². The number of aliphatic hydroxyl groups excluding tert-OH is 1. The molecule has 2 N–H and O–H groups in total. The van der Waals surface area contributed by atoms with Crippen molar-refractivity contribution >= 4 is 23.3 Å². The lowest BCUT2D eigenvalue weighted by Gasteiger charge is -2.31. The SMILES string of the molecule is CC(O)C(C)N(CC(=O)O)c1cccc(Cl)c1. The van der Waals surface area contributed by atoms with E-state index in [0.717, 1.165) is 0 Å². The number of hydrogen-bond acceptors (Lipinski definition) is 3. The van der Waals surface area contributed by atoms with E-state index in [4.69, 9.17) is 16.7 Å². The van der Waals surface area contributed by atoms with Crippen molar-refractivity contribution in [1.29, 1.82) is 0 Å². The van der Waals surface area contributed by atoms with Gasteiger partial charge in [0.1, 0.15) is 6.54 Å². The first-order valence-corrected chi connectivity index (χ1v) is 5.71. The van der Waals surface area contributed by atoms with E-state index in [9.17, 15) is 9.90 Å². The lowest BCUT2D eigenvalue weighted by molar-refractivity contribution is -0.135. The van der Waals surface area contributed by atoms with Crippen LogP contribution in [0.5, 0.6) is 0 Å². The Labute approximate surface area is 105 Å². The third kappa shape index (κ3) is 3.91. The topological polar surface area (TPSA) is 60.8 Å². The first-order chi connectivity index (χ1) is 7.91. The Morgan fingerprint density at radius 1 is 1.47 bits per heavy atom. The normalized spacial score (nSPS) is 14.1. The molecule has 1 aromatic rings. The van der Waals surface area contributed by atoms with Crippen LogP contribution in [-0.4, -0.2) is 34.9 Å². The van der Waals surface area contributed by atoms with Crippen LogP contribution in [0.4, 0.5) is 5.69 Å². The molecular formula is C12H16ClNO3. The fraction of sp³-hybridized carbons (Fsp3) is 0.417. The van der Waals surface area contributed by atoms with Crippen molar-refractivity contribution in [3.63, 3.8) is 0 Å². The highest BCUT2D eigenvalue weighted by atomic mass is 35.5. The summed E-state index contributed by atoms with van der Waals surface area (Å²) < 4.78 is 0. The van der Waals surface area contributed by atoms with Crippen molar-refractivity contribution in [3.8, 4) is 0 Å². The second-order valence-electron chi connectivity index (χ2n) is 3.98. The summed E-state index contributed by atoms with van der Waals surface area (Å²) in [5.41, 5.74) is 0.688. The van der Waals surface area contributed by atoms with Crippen LogP contribution >= 0.6 is 11.6 Å². The minimum Gasteiger partial charge on any atom is -0.480 e. The van der Waals surface area contributed by atoms with Crippen LogP contribution in [0, 0.1) is 0 Å². The number of carboxylic acids is 1. The van der Waals surface area contributed by atoms with Gasteiger partial charge in [0.15, 0.2) is 0 Å². The molecule has 0 fully saturated rings. The molecule has 0 heterocycles. The van der Waals surface area contributed by atoms with Gasteiger partial charge in [0.25, 0.3) is 0 Å². The molecular weight excluding hydrogens is 242 g/mol. The van der Waals surface area contributed by atoms with Crippen LogP contribution in [0.25, 0.3) is 0 Å². The molecule has 0 aliphatic rings. The summed E-state index contributed by atoms with van der Waals surface area (Å²) in [6, 6.07) is 6.62. The molecule has 0 radical (unpaired) electrons. The molecule has 0 saturated heterocycles. The lowest BCUT2D eigenvalue weighted by atomic mass is 10.1. The van der Waals surface area contributed by atoms with Gasteiger partial charge in [-0.2, -0.15) is 0 Å². The Kier molecular flexibility index (Phi) is 4.78. The Hall–Kier alpha value is -1.26. The zero-order chi connectivity index (χ0) is 13.0. The predicted octanol–water partition coefficient (Wildman–Crippen LogP) is 2.00. The number of carbonyl (C=O) groups is 1. The highest BCUT2D eigenvalue weighted by Crippen LogP contribution is 2.22. The van der Waals surface area contributed by atoms with E-state index in [-0.39, 0.29) is 12.6 Å². The smallest absolute Gasteiger partial charge is 0.323 e. The third-order valence-corrected chi connectivity index (χ3v) is 2.87. The molecule has 0 amide bonds. The zero-order valence-electron chi connectivity index (χ0n) is 9.80. The molecule has 1 rings (SSSR count). The second kappa shape index (κ2) is 5.89. The predicted molar refractivity (Wildman–Crippen MR) is 67.6 cm³/mol. The largest absolute Gasteiger partial charge is 0.480 e. The number of aliphatic carboxylic acids is 1. The quantitative estimate of drug-likeness (QED) is 0.847. The fourth-order valence-electron chi connectivity index (χ4n) is 1.53. The van der Waals surface area contributed by atoms with E-state index < -0.39 is 12.1 Å². The molecule has 2 unspecified atom stereocenters. The number of rotatable bonds is 5. The highest BCUT2D eigenvalue weighted by molar-refractivity contribution is 6.30. The standard InChI is InChI=1S/C12H16ClNO3/c1-8(9(2)15)14(7-12(16)17)11-5-3-4-10(13)6-11/h3-6,8-9,15H,7H2,1-2H3,(H,16,17). The number of carboxylic acid groups (broad SMARTS) is 1. The van der Waals surface area contributed by atoms with Gasteiger partial charge in [-0.25, -0.2) is 0 Å². The first-order valence-electron chi connectivity index (χ1n) is 5.34. The van der Waals surface area contributed by atoms with Gasteiger partial charge in [0.2, 0.25) is 0 Å². The van der Waals surface area contributed by atoms with E-state index in [0.29, 0.717) is 10.7 Å². The van der Waals surface area contributed by atoms with Gasteiger partial charge in [-0.05, 0) is 32.0 Å². The van der Waals surface area contributed by atoms with Crippen LogP contribution in [0.2, 0.25) is 5.02 Å². The minimum absolute atomic E-state index is 0.174. The lowest BCUT2D eigenvalue weighted by Crippen LogP contribution is -2.43.